The Hall–Kier alpha value is -2.64. The van der Waals surface area contributed by atoms with Crippen LogP contribution in [0.2, 0.25) is 0 Å². The summed E-state index contributed by atoms with van der Waals surface area (Å²) in [5.41, 5.74) is 2.67. The number of esters is 1. The van der Waals surface area contributed by atoms with E-state index in [1.54, 1.807) is 25.1 Å². The summed E-state index contributed by atoms with van der Waals surface area (Å²) in [5.74, 6) is -1.03. The molecule has 2 atom stereocenters. The van der Waals surface area contributed by atoms with Crippen molar-refractivity contribution in [1.82, 2.24) is 5.32 Å². The standard InChI is InChI=1S/C21H24BNO5/c1-13(2)19(21(25)28-14(3)15-7-5-4-6-8-15)23-20(24)16-9-10-17-12-27-22(26)18(17)11-16/h4-11,13-14,19,26H,12H2,1-3H3,(H,23,24)/t14-,19-/m0/s1. The molecule has 0 aromatic heterocycles. The Balaban J connectivity index is 1.69. The summed E-state index contributed by atoms with van der Waals surface area (Å²) in [7, 11) is -1.03. The average molecular weight is 381 g/mol. The molecule has 6 nitrogen and oxygen atoms in total. The quantitative estimate of drug-likeness (QED) is 0.590. The predicted octanol–water partition coefficient (Wildman–Crippen LogP) is 1.96. The number of nitrogens with one attached hydrogen (secondary N) is 1. The van der Waals surface area contributed by atoms with Gasteiger partial charge in [0, 0.05) is 5.56 Å². The van der Waals surface area contributed by atoms with E-state index in [4.69, 9.17) is 9.39 Å². The van der Waals surface area contributed by atoms with Gasteiger partial charge in [0.2, 0.25) is 0 Å². The fraction of sp³-hybridized carbons (Fsp3) is 0.333. The molecule has 0 saturated carbocycles. The molecule has 2 N–H and O–H groups in total. The Morgan fingerprint density at radius 2 is 1.86 bits per heavy atom. The zero-order valence-electron chi connectivity index (χ0n) is 16.2. The number of rotatable bonds is 6. The first-order chi connectivity index (χ1) is 13.4. The highest BCUT2D eigenvalue weighted by atomic mass is 16.5. The number of ether oxygens (including phenoxy) is 1. The molecule has 3 rings (SSSR count). The minimum atomic E-state index is -1.03. The number of hydrogen-bond acceptors (Lipinski definition) is 5. The fourth-order valence-electron chi connectivity index (χ4n) is 3.12. The molecule has 2 aromatic carbocycles. The predicted molar refractivity (Wildman–Crippen MR) is 106 cm³/mol. The Labute approximate surface area is 165 Å². The SMILES string of the molecule is CC(C)[C@H](NC(=O)c1ccc2c(c1)B(O)OC2)C(=O)O[C@@H](C)c1ccccc1. The van der Waals surface area contributed by atoms with Gasteiger partial charge in [-0.15, -0.1) is 0 Å². The van der Waals surface area contributed by atoms with E-state index in [-0.39, 0.29) is 5.92 Å². The van der Waals surface area contributed by atoms with Gasteiger partial charge in [-0.1, -0.05) is 50.2 Å². The largest absolute Gasteiger partial charge is 0.491 e. The van der Waals surface area contributed by atoms with Crippen molar-refractivity contribution < 1.29 is 24.0 Å². The first-order valence-electron chi connectivity index (χ1n) is 9.35. The van der Waals surface area contributed by atoms with Gasteiger partial charge in [0.1, 0.15) is 12.1 Å². The Kier molecular flexibility index (Phi) is 6.16. The summed E-state index contributed by atoms with van der Waals surface area (Å²) in [5, 5.41) is 12.6. The van der Waals surface area contributed by atoms with Gasteiger partial charge < -0.3 is 19.7 Å². The van der Waals surface area contributed by atoms with Crippen molar-refractivity contribution in [2.24, 2.45) is 5.92 Å². The van der Waals surface area contributed by atoms with Gasteiger partial charge in [0.25, 0.3) is 5.91 Å². The summed E-state index contributed by atoms with van der Waals surface area (Å²) < 4.78 is 10.7. The summed E-state index contributed by atoms with van der Waals surface area (Å²) in [4.78, 5) is 25.4. The molecule has 0 unspecified atom stereocenters. The van der Waals surface area contributed by atoms with Gasteiger partial charge in [-0.25, -0.2) is 4.79 Å². The van der Waals surface area contributed by atoms with Crippen LogP contribution in [-0.2, 0) is 20.8 Å². The van der Waals surface area contributed by atoms with Crippen LogP contribution >= 0.6 is 0 Å². The maximum Gasteiger partial charge on any atom is 0.491 e. The minimum Gasteiger partial charge on any atom is -0.456 e. The molecule has 2 aromatic rings. The lowest BCUT2D eigenvalue weighted by Crippen LogP contribution is -2.45. The first-order valence-corrected chi connectivity index (χ1v) is 9.35. The number of fused-ring (bicyclic) bond motifs is 1. The Morgan fingerprint density at radius 1 is 1.14 bits per heavy atom. The molecule has 1 aliphatic heterocycles. The molecular weight excluding hydrogens is 357 g/mol. The number of carbonyl (C=O) groups is 2. The smallest absolute Gasteiger partial charge is 0.456 e. The molecular formula is C21H24BNO5. The summed E-state index contributed by atoms with van der Waals surface area (Å²) in [6.45, 7) is 5.81. The van der Waals surface area contributed by atoms with Gasteiger partial charge in [-0.05, 0) is 41.6 Å². The molecule has 0 radical (unpaired) electrons. The zero-order valence-corrected chi connectivity index (χ0v) is 16.2. The molecule has 1 heterocycles. The van der Waals surface area contributed by atoms with E-state index >= 15 is 0 Å². The maximum atomic E-state index is 12.7. The molecule has 1 amide bonds. The third-order valence-electron chi connectivity index (χ3n) is 4.84. The third kappa shape index (κ3) is 4.43. The van der Waals surface area contributed by atoms with Crippen LogP contribution in [0.25, 0.3) is 0 Å². The van der Waals surface area contributed by atoms with Crippen molar-refractivity contribution in [3.8, 4) is 0 Å². The van der Waals surface area contributed by atoms with Crippen LogP contribution in [0.1, 0.15) is 48.4 Å². The second kappa shape index (κ2) is 8.58. The number of carbonyl (C=O) groups excluding carboxylic acids is 2. The van der Waals surface area contributed by atoms with Gasteiger partial charge in [0.05, 0.1) is 6.61 Å². The highest BCUT2D eigenvalue weighted by molar-refractivity contribution is 6.61. The van der Waals surface area contributed by atoms with Gasteiger partial charge in [0.15, 0.2) is 0 Å². The van der Waals surface area contributed by atoms with Crippen molar-refractivity contribution in [2.45, 2.75) is 39.5 Å². The average Bonchev–Trinajstić information content (AvgIpc) is 3.06. The van der Waals surface area contributed by atoms with Crippen LogP contribution in [0.3, 0.4) is 0 Å². The molecule has 1 aliphatic rings. The summed E-state index contributed by atoms with van der Waals surface area (Å²) >= 11 is 0. The summed E-state index contributed by atoms with van der Waals surface area (Å²) in [6.07, 6.45) is -0.417. The minimum absolute atomic E-state index is 0.150. The van der Waals surface area contributed by atoms with Gasteiger partial charge >= 0.3 is 13.1 Å². The lowest BCUT2D eigenvalue weighted by Gasteiger charge is -2.23. The molecule has 146 valence electrons. The van der Waals surface area contributed by atoms with E-state index in [0.717, 1.165) is 11.1 Å². The molecule has 0 bridgehead atoms. The first kappa shape index (κ1) is 20.1. The lowest BCUT2D eigenvalue weighted by molar-refractivity contribution is -0.152. The molecule has 0 saturated heterocycles. The second-order valence-corrected chi connectivity index (χ2v) is 7.26. The van der Waals surface area contributed by atoms with E-state index in [1.165, 1.54) is 0 Å². The number of benzene rings is 2. The van der Waals surface area contributed by atoms with Crippen LogP contribution in [0.15, 0.2) is 48.5 Å². The van der Waals surface area contributed by atoms with Crippen LogP contribution in [0, 0.1) is 5.92 Å². The van der Waals surface area contributed by atoms with Crippen LogP contribution < -0.4 is 10.8 Å². The molecule has 28 heavy (non-hydrogen) atoms. The normalized spacial score (nSPS) is 15.1. The Morgan fingerprint density at radius 3 is 2.54 bits per heavy atom. The highest BCUT2D eigenvalue weighted by Gasteiger charge is 2.30. The van der Waals surface area contributed by atoms with E-state index in [1.807, 2.05) is 44.2 Å². The van der Waals surface area contributed by atoms with Gasteiger partial charge in [-0.3, -0.25) is 4.79 Å². The highest BCUT2D eigenvalue weighted by Crippen LogP contribution is 2.18. The molecule has 0 aliphatic carbocycles. The lowest BCUT2D eigenvalue weighted by atomic mass is 9.78. The van der Waals surface area contributed by atoms with Crippen LogP contribution in [-0.4, -0.2) is 30.1 Å². The van der Waals surface area contributed by atoms with Crippen LogP contribution in [0.5, 0.6) is 0 Å². The van der Waals surface area contributed by atoms with E-state index < -0.39 is 31.1 Å². The van der Waals surface area contributed by atoms with Crippen molar-refractivity contribution in [1.29, 1.82) is 0 Å². The second-order valence-electron chi connectivity index (χ2n) is 7.26. The number of amides is 1. The van der Waals surface area contributed by atoms with Crippen LogP contribution in [0.4, 0.5) is 0 Å². The topological polar surface area (TPSA) is 84.9 Å². The summed E-state index contributed by atoms with van der Waals surface area (Å²) in [6, 6.07) is 13.7. The molecule has 0 spiro atoms. The van der Waals surface area contributed by atoms with E-state index in [0.29, 0.717) is 17.6 Å². The van der Waals surface area contributed by atoms with Crippen molar-refractivity contribution in [2.75, 3.05) is 0 Å². The van der Waals surface area contributed by atoms with Crippen molar-refractivity contribution in [3.05, 3.63) is 65.2 Å². The molecule has 0 fully saturated rings. The fourth-order valence-corrected chi connectivity index (χ4v) is 3.12. The van der Waals surface area contributed by atoms with Gasteiger partial charge in [-0.2, -0.15) is 0 Å². The zero-order chi connectivity index (χ0) is 20.3. The van der Waals surface area contributed by atoms with Crippen molar-refractivity contribution >= 4 is 24.5 Å². The van der Waals surface area contributed by atoms with E-state index in [9.17, 15) is 14.6 Å². The third-order valence-corrected chi connectivity index (χ3v) is 4.84. The monoisotopic (exact) mass is 381 g/mol. The number of hydrogen-bond donors (Lipinski definition) is 2. The Bertz CT molecular complexity index is 855. The maximum absolute atomic E-state index is 12.7. The molecule has 7 heteroatoms. The van der Waals surface area contributed by atoms with Crippen molar-refractivity contribution in [3.63, 3.8) is 0 Å². The van der Waals surface area contributed by atoms with E-state index in [2.05, 4.69) is 5.32 Å².